The van der Waals surface area contributed by atoms with Gasteiger partial charge in [0.25, 0.3) is 5.56 Å². The lowest BCUT2D eigenvalue weighted by molar-refractivity contribution is 0.307. The van der Waals surface area contributed by atoms with Crippen molar-refractivity contribution in [3.05, 3.63) is 33.1 Å². The molecule has 0 aliphatic carbocycles. The SMILES string of the molecule is Cn1ccc(=O)n(CCC2CNC2)c1=O. The minimum Gasteiger partial charge on any atom is -0.316 e. The molecule has 1 fully saturated rings. The fraction of sp³-hybridized carbons (Fsp3) is 0.600. The number of hydrogen-bond acceptors (Lipinski definition) is 3. The third-order valence-electron chi connectivity index (χ3n) is 2.87. The molecule has 2 rings (SSSR count). The average molecular weight is 209 g/mol. The lowest BCUT2D eigenvalue weighted by Crippen LogP contribution is -2.44. The Morgan fingerprint density at radius 1 is 1.47 bits per heavy atom. The van der Waals surface area contributed by atoms with Crippen LogP contribution in [0.5, 0.6) is 0 Å². The molecule has 0 amide bonds. The van der Waals surface area contributed by atoms with Crippen molar-refractivity contribution in [1.82, 2.24) is 14.5 Å². The first kappa shape index (κ1) is 10.2. The monoisotopic (exact) mass is 209 g/mol. The van der Waals surface area contributed by atoms with Crippen LogP contribution in [0.15, 0.2) is 21.9 Å². The molecular formula is C10H15N3O2. The molecule has 1 aromatic rings. The summed E-state index contributed by atoms with van der Waals surface area (Å²) in [6.07, 6.45) is 2.40. The summed E-state index contributed by atoms with van der Waals surface area (Å²) in [5, 5.41) is 3.17. The Morgan fingerprint density at radius 3 is 2.80 bits per heavy atom. The van der Waals surface area contributed by atoms with Crippen LogP contribution in [0.25, 0.3) is 0 Å². The second-order valence-electron chi connectivity index (χ2n) is 4.01. The maximum Gasteiger partial charge on any atom is 0.330 e. The van der Waals surface area contributed by atoms with Crippen LogP contribution < -0.4 is 16.6 Å². The summed E-state index contributed by atoms with van der Waals surface area (Å²) in [7, 11) is 1.66. The van der Waals surface area contributed by atoms with Crippen molar-refractivity contribution in [3.63, 3.8) is 0 Å². The molecule has 1 aliphatic rings. The number of nitrogens with one attached hydrogen (secondary N) is 1. The lowest BCUT2D eigenvalue weighted by atomic mass is 10.00. The molecule has 0 bridgehead atoms. The van der Waals surface area contributed by atoms with E-state index in [2.05, 4.69) is 5.32 Å². The van der Waals surface area contributed by atoms with E-state index in [0.29, 0.717) is 12.5 Å². The summed E-state index contributed by atoms with van der Waals surface area (Å²) < 4.78 is 2.73. The molecule has 82 valence electrons. The van der Waals surface area contributed by atoms with E-state index in [1.807, 2.05) is 0 Å². The van der Waals surface area contributed by atoms with Crippen LogP contribution in [-0.4, -0.2) is 22.2 Å². The Labute approximate surface area is 87.3 Å². The summed E-state index contributed by atoms with van der Waals surface area (Å²) in [6, 6.07) is 1.43. The zero-order valence-corrected chi connectivity index (χ0v) is 8.77. The van der Waals surface area contributed by atoms with E-state index >= 15 is 0 Å². The molecule has 15 heavy (non-hydrogen) atoms. The van der Waals surface area contributed by atoms with Gasteiger partial charge in [0.1, 0.15) is 0 Å². The van der Waals surface area contributed by atoms with Gasteiger partial charge in [-0.05, 0) is 25.4 Å². The fourth-order valence-corrected chi connectivity index (χ4v) is 1.68. The van der Waals surface area contributed by atoms with E-state index in [0.717, 1.165) is 19.5 Å². The van der Waals surface area contributed by atoms with Crippen molar-refractivity contribution in [1.29, 1.82) is 0 Å². The van der Waals surface area contributed by atoms with Crippen molar-refractivity contribution >= 4 is 0 Å². The smallest absolute Gasteiger partial charge is 0.316 e. The van der Waals surface area contributed by atoms with E-state index in [4.69, 9.17) is 0 Å². The summed E-state index contributed by atoms with van der Waals surface area (Å²) in [6.45, 7) is 2.53. The molecule has 1 N–H and O–H groups in total. The Bertz CT molecular complexity index is 456. The van der Waals surface area contributed by atoms with Crippen molar-refractivity contribution < 1.29 is 0 Å². The Hall–Kier alpha value is -1.36. The maximum absolute atomic E-state index is 11.6. The van der Waals surface area contributed by atoms with Gasteiger partial charge in [-0.15, -0.1) is 0 Å². The van der Waals surface area contributed by atoms with Crippen LogP contribution in [0.4, 0.5) is 0 Å². The van der Waals surface area contributed by atoms with E-state index < -0.39 is 0 Å². The second-order valence-corrected chi connectivity index (χ2v) is 4.01. The van der Waals surface area contributed by atoms with Gasteiger partial charge >= 0.3 is 5.69 Å². The lowest BCUT2D eigenvalue weighted by Gasteiger charge is -2.26. The zero-order valence-electron chi connectivity index (χ0n) is 8.77. The minimum absolute atomic E-state index is 0.203. The van der Waals surface area contributed by atoms with Crippen LogP contribution in [0.1, 0.15) is 6.42 Å². The summed E-state index contributed by atoms with van der Waals surface area (Å²) in [5.74, 6) is 0.613. The van der Waals surface area contributed by atoms with Crippen LogP contribution in [-0.2, 0) is 13.6 Å². The molecule has 5 heteroatoms. The predicted molar refractivity (Wildman–Crippen MR) is 56.9 cm³/mol. The summed E-state index contributed by atoms with van der Waals surface area (Å²) in [5.41, 5.74) is -0.430. The first-order valence-corrected chi connectivity index (χ1v) is 5.15. The van der Waals surface area contributed by atoms with Crippen LogP contribution in [0.3, 0.4) is 0 Å². The molecule has 2 heterocycles. The third kappa shape index (κ3) is 2.02. The van der Waals surface area contributed by atoms with Gasteiger partial charge in [0.05, 0.1) is 0 Å². The quantitative estimate of drug-likeness (QED) is 0.706. The molecule has 0 aromatic carbocycles. The number of hydrogen-bond donors (Lipinski definition) is 1. The third-order valence-corrected chi connectivity index (χ3v) is 2.87. The van der Waals surface area contributed by atoms with Gasteiger partial charge in [-0.25, -0.2) is 4.79 Å². The second kappa shape index (κ2) is 4.02. The highest BCUT2D eigenvalue weighted by Crippen LogP contribution is 2.07. The normalized spacial score (nSPS) is 16.3. The number of rotatable bonds is 3. The van der Waals surface area contributed by atoms with Crippen LogP contribution in [0, 0.1) is 5.92 Å². The average Bonchev–Trinajstić information content (AvgIpc) is 2.15. The fourth-order valence-electron chi connectivity index (χ4n) is 1.68. The zero-order chi connectivity index (χ0) is 10.8. The van der Waals surface area contributed by atoms with Crippen molar-refractivity contribution in [2.75, 3.05) is 13.1 Å². The van der Waals surface area contributed by atoms with Crippen LogP contribution in [0.2, 0.25) is 0 Å². The largest absolute Gasteiger partial charge is 0.330 e. The van der Waals surface area contributed by atoms with Crippen molar-refractivity contribution in [2.45, 2.75) is 13.0 Å². The topological polar surface area (TPSA) is 56.0 Å². The van der Waals surface area contributed by atoms with E-state index in [1.54, 1.807) is 7.05 Å². The molecule has 1 aliphatic heterocycles. The first-order valence-electron chi connectivity index (χ1n) is 5.15. The van der Waals surface area contributed by atoms with Gasteiger partial charge in [0.15, 0.2) is 0 Å². The van der Waals surface area contributed by atoms with Gasteiger partial charge in [-0.3, -0.25) is 9.36 Å². The molecule has 0 spiro atoms. The Balaban J connectivity index is 2.15. The van der Waals surface area contributed by atoms with Gasteiger partial charge in [-0.2, -0.15) is 0 Å². The Morgan fingerprint density at radius 2 is 2.20 bits per heavy atom. The maximum atomic E-state index is 11.6. The van der Waals surface area contributed by atoms with Gasteiger partial charge < -0.3 is 9.88 Å². The number of aromatic nitrogens is 2. The predicted octanol–water partition coefficient (Wildman–Crippen LogP) is -0.843. The molecule has 1 aromatic heterocycles. The minimum atomic E-state index is -0.227. The van der Waals surface area contributed by atoms with Crippen LogP contribution >= 0.6 is 0 Å². The van der Waals surface area contributed by atoms with Crippen molar-refractivity contribution in [2.24, 2.45) is 13.0 Å². The molecule has 0 atom stereocenters. The van der Waals surface area contributed by atoms with Gasteiger partial charge in [-0.1, -0.05) is 0 Å². The summed E-state index contributed by atoms with van der Waals surface area (Å²) in [4.78, 5) is 23.1. The summed E-state index contributed by atoms with van der Waals surface area (Å²) >= 11 is 0. The molecule has 0 saturated carbocycles. The van der Waals surface area contributed by atoms with Crippen molar-refractivity contribution in [3.8, 4) is 0 Å². The number of aryl methyl sites for hydroxylation is 1. The van der Waals surface area contributed by atoms with Gasteiger partial charge in [0.2, 0.25) is 0 Å². The van der Waals surface area contributed by atoms with E-state index in [1.165, 1.54) is 21.4 Å². The first-order chi connectivity index (χ1) is 7.18. The highest BCUT2D eigenvalue weighted by atomic mass is 16.2. The standard InChI is InChI=1S/C10H15N3O2/c1-12-4-3-9(14)13(10(12)15)5-2-8-6-11-7-8/h3-4,8,11H,2,5-7H2,1H3. The Kier molecular flexibility index (Phi) is 2.73. The van der Waals surface area contributed by atoms with E-state index in [-0.39, 0.29) is 11.2 Å². The molecule has 1 saturated heterocycles. The molecular weight excluding hydrogens is 194 g/mol. The highest BCUT2D eigenvalue weighted by Gasteiger charge is 2.16. The molecule has 0 unspecified atom stereocenters. The highest BCUT2D eigenvalue weighted by molar-refractivity contribution is 4.86. The molecule has 5 nitrogen and oxygen atoms in total. The van der Waals surface area contributed by atoms with E-state index in [9.17, 15) is 9.59 Å². The molecule has 0 radical (unpaired) electrons. The van der Waals surface area contributed by atoms with Gasteiger partial charge in [0, 0.05) is 25.9 Å². The number of nitrogens with zero attached hydrogens (tertiary/aromatic N) is 2.